The minimum Gasteiger partial charge on any atom is -0.472 e. The molecule has 0 heterocycles. The van der Waals surface area contributed by atoms with Crippen molar-refractivity contribution in [3.63, 3.8) is 0 Å². The molecule has 0 rings (SSSR count). The molecule has 0 aromatic rings. The Labute approximate surface area is 162 Å². The van der Waals surface area contributed by atoms with Gasteiger partial charge in [0.1, 0.15) is 0 Å². The lowest BCUT2D eigenvalue weighted by Gasteiger charge is -2.03. The second-order valence-corrected chi connectivity index (χ2v) is 7.26. The first-order chi connectivity index (χ1) is 12.8. The molecule has 26 heavy (non-hydrogen) atoms. The third-order valence-electron chi connectivity index (χ3n) is 4.73. The fourth-order valence-electron chi connectivity index (χ4n) is 3.13. The highest BCUT2D eigenvalue weighted by Gasteiger charge is 1.94. The van der Waals surface area contributed by atoms with Crippen molar-refractivity contribution >= 4 is 5.97 Å². The van der Waals surface area contributed by atoms with Gasteiger partial charge in [0.2, 0.25) is 0 Å². The number of rotatable bonds is 17. The first-order valence-electron chi connectivity index (χ1n) is 11.0. The SMILES string of the molecule is CCCCCCCCCCCCCCCCCCCC#CC#CC(=O)O. The Hall–Kier alpha value is -1.41. The Morgan fingerprint density at radius 2 is 1.00 bits per heavy atom. The molecule has 0 amide bonds. The lowest BCUT2D eigenvalue weighted by atomic mass is 10.0. The molecule has 0 aromatic heterocycles. The van der Waals surface area contributed by atoms with Crippen LogP contribution in [0.4, 0.5) is 0 Å². The smallest absolute Gasteiger partial charge is 0.382 e. The Morgan fingerprint density at radius 1 is 0.615 bits per heavy atom. The van der Waals surface area contributed by atoms with E-state index < -0.39 is 5.97 Å². The van der Waals surface area contributed by atoms with Crippen molar-refractivity contribution in [3.05, 3.63) is 0 Å². The van der Waals surface area contributed by atoms with Crippen LogP contribution in [-0.4, -0.2) is 11.1 Å². The molecule has 0 radical (unpaired) electrons. The fourth-order valence-corrected chi connectivity index (χ4v) is 3.13. The highest BCUT2D eigenvalue weighted by molar-refractivity contribution is 5.87. The predicted molar refractivity (Wildman–Crippen MR) is 112 cm³/mol. The number of hydrogen-bond donors (Lipinski definition) is 1. The second-order valence-electron chi connectivity index (χ2n) is 7.26. The van der Waals surface area contributed by atoms with Crippen molar-refractivity contribution in [2.75, 3.05) is 0 Å². The minimum atomic E-state index is -1.11. The third kappa shape index (κ3) is 22.6. The molecule has 0 saturated heterocycles. The average Bonchev–Trinajstić information content (AvgIpc) is 2.62. The summed E-state index contributed by atoms with van der Waals surface area (Å²) in [4.78, 5) is 10.2. The molecule has 0 fully saturated rings. The molecule has 2 nitrogen and oxygen atoms in total. The average molecular weight is 361 g/mol. The number of unbranched alkanes of at least 4 members (excludes halogenated alkanes) is 17. The van der Waals surface area contributed by atoms with Crippen molar-refractivity contribution in [2.24, 2.45) is 0 Å². The van der Waals surface area contributed by atoms with Gasteiger partial charge < -0.3 is 5.11 Å². The zero-order chi connectivity index (χ0) is 19.1. The summed E-state index contributed by atoms with van der Waals surface area (Å²) in [5.41, 5.74) is 0. The lowest BCUT2D eigenvalue weighted by Crippen LogP contribution is -1.85. The first-order valence-corrected chi connectivity index (χ1v) is 11.0. The van der Waals surface area contributed by atoms with Crippen LogP contribution in [0.1, 0.15) is 122 Å². The topological polar surface area (TPSA) is 37.3 Å². The molecule has 2 heteroatoms. The number of hydrogen-bond acceptors (Lipinski definition) is 1. The summed E-state index contributed by atoms with van der Waals surface area (Å²) >= 11 is 0. The summed E-state index contributed by atoms with van der Waals surface area (Å²) in [6, 6.07) is 0. The van der Waals surface area contributed by atoms with E-state index in [0.29, 0.717) is 0 Å². The number of aliphatic carboxylic acids is 1. The van der Waals surface area contributed by atoms with Crippen LogP contribution in [0.15, 0.2) is 0 Å². The third-order valence-corrected chi connectivity index (χ3v) is 4.73. The molecule has 148 valence electrons. The van der Waals surface area contributed by atoms with Crippen LogP contribution >= 0.6 is 0 Å². The molecule has 0 unspecified atom stereocenters. The Balaban J connectivity index is 3.12. The maximum atomic E-state index is 10.2. The number of carboxylic acids is 1. The van der Waals surface area contributed by atoms with Crippen LogP contribution in [0.2, 0.25) is 0 Å². The quantitative estimate of drug-likeness (QED) is 0.221. The molecule has 0 bridgehead atoms. The maximum absolute atomic E-state index is 10.2. The minimum absolute atomic E-state index is 0.826. The molecule has 0 atom stereocenters. The predicted octanol–water partition coefficient (Wildman–Crippen LogP) is 7.12. The Kier molecular flexibility index (Phi) is 20.5. The summed E-state index contributed by atoms with van der Waals surface area (Å²) < 4.78 is 0. The van der Waals surface area contributed by atoms with E-state index in [0.717, 1.165) is 12.8 Å². The largest absolute Gasteiger partial charge is 0.472 e. The van der Waals surface area contributed by atoms with Gasteiger partial charge in [0.15, 0.2) is 0 Å². The van der Waals surface area contributed by atoms with Gasteiger partial charge in [-0.15, -0.1) is 0 Å². The summed E-state index contributed by atoms with van der Waals surface area (Å²) in [5, 5.41) is 8.33. The number of carboxylic acid groups (broad SMARTS) is 1. The van der Waals surface area contributed by atoms with E-state index >= 15 is 0 Å². The van der Waals surface area contributed by atoms with E-state index in [1.54, 1.807) is 0 Å². The second kappa shape index (κ2) is 21.6. The summed E-state index contributed by atoms with van der Waals surface area (Å²) in [6.07, 6.45) is 24.2. The van der Waals surface area contributed by atoms with Crippen LogP contribution in [0.5, 0.6) is 0 Å². The Bertz CT molecular complexity index is 431. The zero-order valence-electron chi connectivity index (χ0n) is 17.1. The Morgan fingerprint density at radius 3 is 1.38 bits per heavy atom. The van der Waals surface area contributed by atoms with Crippen LogP contribution in [-0.2, 0) is 4.79 Å². The number of carbonyl (C=O) groups is 1. The van der Waals surface area contributed by atoms with Crippen LogP contribution < -0.4 is 0 Å². The van der Waals surface area contributed by atoms with Crippen LogP contribution in [0.25, 0.3) is 0 Å². The van der Waals surface area contributed by atoms with Gasteiger partial charge in [-0.3, -0.25) is 0 Å². The van der Waals surface area contributed by atoms with Gasteiger partial charge in [-0.25, -0.2) is 4.79 Å². The van der Waals surface area contributed by atoms with Crippen molar-refractivity contribution in [2.45, 2.75) is 122 Å². The van der Waals surface area contributed by atoms with Gasteiger partial charge in [-0.1, -0.05) is 116 Å². The summed E-state index contributed by atoms with van der Waals surface area (Å²) in [7, 11) is 0. The van der Waals surface area contributed by atoms with Gasteiger partial charge in [0.05, 0.1) is 0 Å². The molecule has 0 aliphatic rings. The van der Waals surface area contributed by atoms with E-state index in [2.05, 4.69) is 24.7 Å². The van der Waals surface area contributed by atoms with E-state index in [-0.39, 0.29) is 0 Å². The van der Waals surface area contributed by atoms with Gasteiger partial charge in [-0.05, 0) is 18.3 Å². The zero-order valence-corrected chi connectivity index (χ0v) is 17.1. The van der Waals surface area contributed by atoms with Crippen molar-refractivity contribution in [1.29, 1.82) is 0 Å². The van der Waals surface area contributed by atoms with E-state index in [1.807, 2.05) is 5.92 Å². The van der Waals surface area contributed by atoms with Gasteiger partial charge >= 0.3 is 5.97 Å². The van der Waals surface area contributed by atoms with E-state index in [9.17, 15) is 4.79 Å². The molecule has 0 aromatic carbocycles. The monoisotopic (exact) mass is 360 g/mol. The van der Waals surface area contributed by atoms with E-state index in [4.69, 9.17) is 5.11 Å². The molecular weight excluding hydrogens is 320 g/mol. The molecule has 0 aliphatic carbocycles. The molecule has 1 N–H and O–H groups in total. The van der Waals surface area contributed by atoms with Crippen LogP contribution in [0, 0.1) is 23.7 Å². The van der Waals surface area contributed by atoms with Gasteiger partial charge in [0, 0.05) is 12.3 Å². The summed E-state index contributed by atoms with van der Waals surface area (Å²) in [5.74, 6) is 8.70. The molecular formula is C24H40O2. The standard InChI is InChI=1S/C24H40O2/c1-2-3-4-5-6-7-8-9-10-11-12-13-14-15-16-17-18-19-20-21-22-23-24(25)26/h2-19H2,1H3,(H,25,26). The van der Waals surface area contributed by atoms with Gasteiger partial charge in [-0.2, -0.15) is 0 Å². The fraction of sp³-hybridized carbons (Fsp3) is 0.792. The maximum Gasteiger partial charge on any atom is 0.382 e. The molecule has 0 aliphatic heterocycles. The van der Waals surface area contributed by atoms with Crippen molar-refractivity contribution in [1.82, 2.24) is 0 Å². The normalized spacial score (nSPS) is 9.88. The van der Waals surface area contributed by atoms with Crippen LogP contribution in [0.3, 0.4) is 0 Å². The van der Waals surface area contributed by atoms with Gasteiger partial charge in [0.25, 0.3) is 0 Å². The highest BCUT2D eigenvalue weighted by Crippen LogP contribution is 2.14. The molecule has 0 spiro atoms. The molecule has 0 saturated carbocycles. The summed E-state index contributed by atoms with van der Waals surface area (Å²) in [6.45, 7) is 2.28. The van der Waals surface area contributed by atoms with Crippen molar-refractivity contribution in [3.8, 4) is 23.7 Å². The lowest BCUT2D eigenvalue weighted by molar-refractivity contribution is -0.130. The van der Waals surface area contributed by atoms with Crippen molar-refractivity contribution < 1.29 is 9.90 Å². The van der Waals surface area contributed by atoms with E-state index in [1.165, 1.54) is 103 Å². The first kappa shape index (κ1) is 24.6. The highest BCUT2D eigenvalue weighted by atomic mass is 16.4.